The molecule has 8 heteroatoms. The van der Waals surface area contributed by atoms with Gasteiger partial charge in [0, 0.05) is 22.7 Å². The Morgan fingerprint density at radius 2 is 1.58 bits per heavy atom. The van der Waals surface area contributed by atoms with Crippen LogP contribution in [0.5, 0.6) is 0 Å². The van der Waals surface area contributed by atoms with E-state index in [0.29, 0.717) is 27.9 Å². The van der Waals surface area contributed by atoms with Gasteiger partial charge in [-0.1, -0.05) is 83.9 Å². The normalized spacial score (nSPS) is 11.0. The molecule has 0 atom stereocenters. The lowest BCUT2D eigenvalue weighted by Gasteiger charge is -2.12. The summed E-state index contributed by atoms with van der Waals surface area (Å²) in [4.78, 5) is 12.9. The van der Waals surface area contributed by atoms with Gasteiger partial charge < -0.3 is 5.32 Å². The monoisotopic (exact) mass is 473 g/mol. The highest BCUT2D eigenvalue weighted by molar-refractivity contribution is 6.33. The fraction of sp³-hybridized carbons (Fsp3) is 0.0400. The molecule has 0 saturated heterocycles. The van der Waals surface area contributed by atoms with Crippen molar-refractivity contribution in [2.75, 3.05) is 0 Å². The largest absolute Gasteiger partial charge is 0.345 e. The molecule has 2 heterocycles. The number of nitrogens with zero attached hydrogens (tertiary/aromatic N) is 4. The van der Waals surface area contributed by atoms with Crippen molar-refractivity contribution in [3.8, 4) is 22.4 Å². The van der Waals surface area contributed by atoms with Gasteiger partial charge in [0.05, 0.1) is 5.02 Å². The fourth-order valence-corrected chi connectivity index (χ4v) is 3.88. The van der Waals surface area contributed by atoms with E-state index in [-0.39, 0.29) is 11.7 Å². The number of fused-ring (bicyclic) bond motifs is 1. The third-order valence-electron chi connectivity index (χ3n) is 5.18. The molecule has 0 fully saturated rings. The minimum Gasteiger partial charge on any atom is -0.345 e. The second kappa shape index (κ2) is 9.02. The molecule has 0 aliphatic heterocycles. The van der Waals surface area contributed by atoms with Crippen molar-refractivity contribution in [2.24, 2.45) is 0 Å². The molecule has 0 unspecified atom stereocenters. The van der Waals surface area contributed by atoms with Gasteiger partial charge in [-0.25, -0.2) is 0 Å². The molecule has 1 amide bonds. The number of hydrogen-bond donors (Lipinski definition) is 1. The van der Waals surface area contributed by atoms with Crippen LogP contribution in [0.3, 0.4) is 0 Å². The molecule has 0 saturated carbocycles. The van der Waals surface area contributed by atoms with Crippen LogP contribution >= 0.6 is 23.2 Å². The van der Waals surface area contributed by atoms with Crippen molar-refractivity contribution in [3.63, 3.8) is 0 Å². The van der Waals surface area contributed by atoms with Crippen LogP contribution in [0.4, 0.5) is 0 Å². The number of aromatic nitrogens is 4. The molecule has 6 nitrogen and oxygen atoms in total. The zero-order valence-electron chi connectivity index (χ0n) is 17.2. The van der Waals surface area contributed by atoms with Gasteiger partial charge in [-0.2, -0.15) is 9.61 Å². The number of nitrogens with one attached hydrogen (secondary N) is 1. The van der Waals surface area contributed by atoms with E-state index in [4.69, 9.17) is 28.3 Å². The number of carbonyl (C=O) groups is 1. The van der Waals surface area contributed by atoms with Crippen molar-refractivity contribution in [2.45, 2.75) is 6.54 Å². The Morgan fingerprint density at radius 1 is 0.848 bits per heavy atom. The van der Waals surface area contributed by atoms with E-state index in [1.165, 1.54) is 4.52 Å². The quantitative estimate of drug-likeness (QED) is 0.355. The van der Waals surface area contributed by atoms with E-state index in [0.717, 1.165) is 22.3 Å². The van der Waals surface area contributed by atoms with E-state index in [1.54, 1.807) is 6.07 Å². The van der Waals surface area contributed by atoms with Crippen LogP contribution in [0, 0.1) is 0 Å². The lowest BCUT2D eigenvalue weighted by molar-refractivity contribution is 0.0938. The molecule has 3 aromatic carbocycles. The van der Waals surface area contributed by atoms with Gasteiger partial charge in [-0.05, 0) is 35.4 Å². The number of amides is 1. The minimum absolute atomic E-state index is 0.0943. The standard InChI is InChI=1S/C25H17Cl2N5O/c26-18-12-10-17(11-13-18)20-14-22-29-30-24(25(33)28-15-16-6-2-1-3-7-16)32(22)31-23(20)19-8-4-5-9-21(19)27/h1-14H,15H2,(H,28,33). The molecule has 33 heavy (non-hydrogen) atoms. The zero-order valence-corrected chi connectivity index (χ0v) is 18.8. The summed E-state index contributed by atoms with van der Waals surface area (Å²) in [5.41, 5.74) is 4.45. The van der Waals surface area contributed by atoms with Crippen LogP contribution in [-0.4, -0.2) is 25.7 Å². The van der Waals surface area contributed by atoms with Gasteiger partial charge >= 0.3 is 0 Å². The van der Waals surface area contributed by atoms with E-state index in [2.05, 4.69) is 15.5 Å². The Bertz CT molecular complexity index is 1450. The third kappa shape index (κ3) is 4.31. The first kappa shape index (κ1) is 21.1. The lowest BCUT2D eigenvalue weighted by Crippen LogP contribution is -2.25. The molecule has 162 valence electrons. The molecular weight excluding hydrogens is 457 g/mol. The maximum Gasteiger partial charge on any atom is 0.291 e. The summed E-state index contributed by atoms with van der Waals surface area (Å²) in [7, 11) is 0. The van der Waals surface area contributed by atoms with Crippen LogP contribution < -0.4 is 5.32 Å². The number of hydrogen-bond acceptors (Lipinski definition) is 4. The van der Waals surface area contributed by atoms with Crippen molar-refractivity contribution in [3.05, 3.63) is 106 Å². The summed E-state index contributed by atoms with van der Waals surface area (Å²) >= 11 is 12.6. The van der Waals surface area contributed by atoms with Crippen molar-refractivity contribution in [1.82, 2.24) is 25.1 Å². The van der Waals surface area contributed by atoms with Gasteiger partial charge in [0.25, 0.3) is 5.91 Å². The molecule has 0 bridgehead atoms. The van der Waals surface area contributed by atoms with E-state index in [1.807, 2.05) is 78.9 Å². The first-order chi connectivity index (χ1) is 16.1. The molecule has 1 N–H and O–H groups in total. The molecule has 5 aromatic rings. The van der Waals surface area contributed by atoms with Gasteiger partial charge in [0.2, 0.25) is 5.82 Å². The van der Waals surface area contributed by atoms with Gasteiger partial charge in [-0.3, -0.25) is 4.79 Å². The van der Waals surface area contributed by atoms with Crippen LogP contribution in [-0.2, 0) is 6.54 Å². The smallest absolute Gasteiger partial charge is 0.291 e. The average molecular weight is 474 g/mol. The summed E-state index contributed by atoms with van der Waals surface area (Å²) < 4.78 is 1.44. The maximum atomic E-state index is 12.9. The van der Waals surface area contributed by atoms with Crippen molar-refractivity contribution >= 4 is 34.8 Å². The van der Waals surface area contributed by atoms with Crippen LogP contribution in [0.2, 0.25) is 10.0 Å². The van der Waals surface area contributed by atoms with Crippen LogP contribution in [0.25, 0.3) is 28.0 Å². The Kier molecular flexibility index (Phi) is 5.77. The Balaban J connectivity index is 1.60. The Hall–Kier alpha value is -3.74. The molecule has 0 aliphatic carbocycles. The highest BCUT2D eigenvalue weighted by atomic mass is 35.5. The topological polar surface area (TPSA) is 72.2 Å². The zero-order chi connectivity index (χ0) is 22.8. The second-order valence-electron chi connectivity index (χ2n) is 7.36. The highest BCUT2D eigenvalue weighted by Crippen LogP contribution is 2.35. The molecule has 0 radical (unpaired) electrons. The predicted octanol–water partition coefficient (Wildman–Crippen LogP) is 5.70. The van der Waals surface area contributed by atoms with Crippen molar-refractivity contribution < 1.29 is 4.79 Å². The van der Waals surface area contributed by atoms with Crippen LogP contribution in [0.15, 0.2) is 84.9 Å². The fourth-order valence-electron chi connectivity index (χ4n) is 3.53. The van der Waals surface area contributed by atoms with E-state index < -0.39 is 0 Å². The molecule has 0 aliphatic rings. The summed E-state index contributed by atoms with van der Waals surface area (Å²) in [5, 5.41) is 17.1. The summed E-state index contributed by atoms with van der Waals surface area (Å²) in [6, 6.07) is 26.3. The first-order valence-corrected chi connectivity index (χ1v) is 10.9. The molecular formula is C25H17Cl2N5O. The van der Waals surface area contributed by atoms with Crippen LogP contribution in [0.1, 0.15) is 16.2 Å². The van der Waals surface area contributed by atoms with Gasteiger partial charge in [0.15, 0.2) is 5.65 Å². The first-order valence-electron chi connectivity index (χ1n) is 10.2. The summed E-state index contributed by atoms with van der Waals surface area (Å²) in [6.07, 6.45) is 0. The SMILES string of the molecule is O=C(NCc1ccccc1)c1nnc2cc(-c3ccc(Cl)cc3)c(-c3ccccc3Cl)nn12. The third-order valence-corrected chi connectivity index (χ3v) is 5.76. The molecule has 0 spiro atoms. The lowest BCUT2D eigenvalue weighted by atomic mass is 10.00. The number of benzene rings is 3. The highest BCUT2D eigenvalue weighted by Gasteiger charge is 2.20. The van der Waals surface area contributed by atoms with E-state index in [9.17, 15) is 4.79 Å². The number of halogens is 2. The molecule has 5 rings (SSSR count). The van der Waals surface area contributed by atoms with E-state index >= 15 is 0 Å². The second-order valence-corrected chi connectivity index (χ2v) is 8.20. The number of carbonyl (C=O) groups excluding carboxylic acids is 1. The molecule has 2 aromatic heterocycles. The van der Waals surface area contributed by atoms with Crippen molar-refractivity contribution in [1.29, 1.82) is 0 Å². The van der Waals surface area contributed by atoms with Gasteiger partial charge in [-0.15, -0.1) is 10.2 Å². The Labute approximate surface area is 199 Å². The Morgan fingerprint density at radius 3 is 2.33 bits per heavy atom. The van der Waals surface area contributed by atoms with Gasteiger partial charge in [0.1, 0.15) is 5.69 Å². The minimum atomic E-state index is -0.372. The maximum absolute atomic E-state index is 12.9. The summed E-state index contributed by atoms with van der Waals surface area (Å²) in [6.45, 7) is 0.370. The summed E-state index contributed by atoms with van der Waals surface area (Å²) in [5.74, 6) is -0.278. The number of rotatable bonds is 5. The predicted molar refractivity (Wildman–Crippen MR) is 129 cm³/mol. The average Bonchev–Trinajstić information content (AvgIpc) is 3.26.